The molecule has 0 saturated carbocycles. The van der Waals surface area contributed by atoms with E-state index in [0.29, 0.717) is 11.5 Å². The maximum Gasteiger partial charge on any atom is 0.248 e. The summed E-state index contributed by atoms with van der Waals surface area (Å²) in [4.78, 5) is 13.4. The normalized spacial score (nSPS) is 10.9. The van der Waals surface area contributed by atoms with Gasteiger partial charge in [0.05, 0.1) is 0 Å². The number of benzene rings is 2. The summed E-state index contributed by atoms with van der Waals surface area (Å²) in [5, 5.41) is 14.7. The molecule has 1 N–H and O–H groups in total. The van der Waals surface area contributed by atoms with Crippen molar-refractivity contribution < 1.29 is 9.18 Å². The van der Waals surface area contributed by atoms with Crippen molar-refractivity contribution in [2.75, 3.05) is 5.32 Å². The number of tetrazole rings is 1. The second kappa shape index (κ2) is 7.21. The van der Waals surface area contributed by atoms with Gasteiger partial charge >= 0.3 is 0 Å². The molecule has 0 radical (unpaired) electrons. The third kappa shape index (κ3) is 4.06. The van der Waals surface area contributed by atoms with Gasteiger partial charge in [0.15, 0.2) is 0 Å². The van der Waals surface area contributed by atoms with Crippen molar-refractivity contribution in [2.45, 2.75) is 26.3 Å². The SMILES string of the molecule is CC(C)c1ccccc1NC(=O)Cn1nnc(-c2cccc(F)c2)n1. The number of carbonyl (C=O) groups is 1. The minimum absolute atomic E-state index is 0.0747. The summed E-state index contributed by atoms with van der Waals surface area (Å²) in [7, 11) is 0. The van der Waals surface area contributed by atoms with Crippen LogP contribution in [-0.2, 0) is 11.3 Å². The van der Waals surface area contributed by atoms with Crippen molar-refractivity contribution in [1.29, 1.82) is 0 Å². The van der Waals surface area contributed by atoms with E-state index in [0.717, 1.165) is 11.3 Å². The van der Waals surface area contributed by atoms with E-state index in [9.17, 15) is 9.18 Å². The Balaban J connectivity index is 1.70. The molecule has 0 aliphatic heterocycles. The van der Waals surface area contributed by atoms with Gasteiger partial charge in [-0.15, -0.1) is 10.2 Å². The molecule has 0 aliphatic rings. The van der Waals surface area contributed by atoms with Crippen LogP contribution in [0.1, 0.15) is 25.3 Å². The highest BCUT2D eigenvalue weighted by Crippen LogP contribution is 2.23. The van der Waals surface area contributed by atoms with Gasteiger partial charge in [0.2, 0.25) is 11.7 Å². The lowest BCUT2D eigenvalue weighted by molar-refractivity contribution is -0.117. The number of halogens is 1. The molecule has 0 bridgehead atoms. The minimum Gasteiger partial charge on any atom is -0.324 e. The zero-order chi connectivity index (χ0) is 17.8. The Morgan fingerprint density at radius 3 is 2.76 bits per heavy atom. The van der Waals surface area contributed by atoms with Gasteiger partial charge < -0.3 is 5.32 Å². The molecule has 0 aliphatic carbocycles. The van der Waals surface area contributed by atoms with Gasteiger partial charge in [-0.1, -0.05) is 44.2 Å². The molecule has 1 heterocycles. The van der Waals surface area contributed by atoms with Crippen molar-refractivity contribution in [3.63, 3.8) is 0 Å². The van der Waals surface area contributed by atoms with Crippen LogP contribution in [0.25, 0.3) is 11.4 Å². The van der Waals surface area contributed by atoms with Gasteiger partial charge in [0.25, 0.3) is 0 Å². The van der Waals surface area contributed by atoms with Crippen molar-refractivity contribution in [3.05, 3.63) is 59.9 Å². The predicted molar refractivity (Wildman–Crippen MR) is 92.4 cm³/mol. The van der Waals surface area contributed by atoms with Crippen LogP contribution in [0.15, 0.2) is 48.5 Å². The van der Waals surface area contributed by atoms with Crippen LogP contribution in [0.2, 0.25) is 0 Å². The van der Waals surface area contributed by atoms with Gasteiger partial charge in [-0.2, -0.15) is 4.80 Å². The molecule has 6 nitrogen and oxygen atoms in total. The second-order valence-corrected chi connectivity index (χ2v) is 5.94. The molecule has 0 atom stereocenters. The first-order valence-corrected chi connectivity index (χ1v) is 7.95. The molecule has 0 saturated heterocycles. The minimum atomic E-state index is -0.378. The fraction of sp³-hybridized carbons (Fsp3) is 0.222. The van der Waals surface area contributed by atoms with Crippen LogP contribution in [-0.4, -0.2) is 26.1 Å². The van der Waals surface area contributed by atoms with Crippen LogP contribution >= 0.6 is 0 Å². The lowest BCUT2D eigenvalue weighted by atomic mass is 10.0. The van der Waals surface area contributed by atoms with E-state index in [-0.39, 0.29) is 24.1 Å². The molecule has 128 valence electrons. The summed E-state index contributed by atoms with van der Waals surface area (Å²) in [5.41, 5.74) is 2.34. The number of para-hydroxylation sites is 1. The highest BCUT2D eigenvalue weighted by atomic mass is 19.1. The summed E-state index contributed by atoms with van der Waals surface area (Å²) in [6, 6.07) is 13.6. The van der Waals surface area contributed by atoms with Gasteiger partial charge in [-0.25, -0.2) is 4.39 Å². The topological polar surface area (TPSA) is 72.7 Å². The molecule has 0 fully saturated rings. The molecule has 25 heavy (non-hydrogen) atoms. The maximum atomic E-state index is 13.3. The number of carbonyl (C=O) groups excluding carboxylic acids is 1. The first kappa shape index (κ1) is 16.8. The summed E-state index contributed by atoms with van der Waals surface area (Å²) in [6.07, 6.45) is 0. The number of aromatic nitrogens is 4. The van der Waals surface area contributed by atoms with Gasteiger partial charge in [-0.3, -0.25) is 4.79 Å². The van der Waals surface area contributed by atoms with E-state index in [1.165, 1.54) is 16.9 Å². The van der Waals surface area contributed by atoms with Crippen molar-refractivity contribution in [1.82, 2.24) is 20.2 Å². The zero-order valence-electron chi connectivity index (χ0n) is 14.0. The Labute approximate surface area is 144 Å². The number of amides is 1. The van der Waals surface area contributed by atoms with Crippen LogP contribution in [0.4, 0.5) is 10.1 Å². The van der Waals surface area contributed by atoms with Gasteiger partial charge in [0.1, 0.15) is 12.4 Å². The van der Waals surface area contributed by atoms with Crippen molar-refractivity contribution in [3.8, 4) is 11.4 Å². The van der Waals surface area contributed by atoms with Gasteiger partial charge in [0, 0.05) is 11.3 Å². The smallest absolute Gasteiger partial charge is 0.248 e. The zero-order valence-corrected chi connectivity index (χ0v) is 14.0. The Bertz CT molecular complexity index is 890. The van der Waals surface area contributed by atoms with E-state index in [2.05, 4.69) is 34.6 Å². The second-order valence-electron chi connectivity index (χ2n) is 5.94. The summed E-state index contributed by atoms with van der Waals surface area (Å²) in [6.45, 7) is 4.05. The molecule has 0 unspecified atom stereocenters. The fourth-order valence-corrected chi connectivity index (χ4v) is 2.49. The number of nitrogens with zero attached hydrogens (tertiary/aromatic N) is 4. The number of anilines is 1. The Morgan fingerprint density at radius 1 is 1.20 bits per heavy atom. The first-order chi connectivity index (χ1) is 12.0. The lowest BCUT2D eigenvalue weighted by Gasteiger charge is -2.13. The van der Waals surface area contributed by atoms with E-state index < -0.39 is 0 Å². The Morgan fingerprint density at radius 2 is 2.00 bits per heavy atom. The van der Waals surface area contributed by atoms with Crippen LogP contribution in [0.5, 0.6) is 0 Å². The fourth-order valence-electron chi connectivity index (χ4n) is 2.49. The van der Waals surface area contributed by atoms with E-state index in [1.54, 1.807) is 12.1 Å². The van der Waals surface area contributed by atoms with Crippen LogP contribution in [0, 0.1) is 5.82 Å². The third-order valence-electron chi connectivity index (χ3n) is 3.68. The average molecular weight is 339 g/mol. The van der Waals surface area contributed by atoms with Crippen LogP contribution in [0.3, 0.4) is 0 Å². The maximum absolute atomic E-state index is 13.3. The average Bonchev–Trinajstić information content (AvgIpc) is 3.03. The Kier molecular flexibility index (Phi) is 4.83. The largest absolute Gasteiger partial charge is 0.324 e. The van der Waals surface area contributed by atoms with E-state index >= 15 is 0 Å². The summed E-state index contributed by atoms with van der Waals surface area (Å²) in [5.74, 6) is -0.0661. The lowest BCUT2D eigenvalue weighted by Crippen LogP contribution is -2.21. The Hall–Kier alpha value is -3.09. The molecule has 7 heteroatoms. The molecule has 1 aromatic heterocycles. The number of nitrogens with one attached hydrogen (secondary N) is 1. The molecule has 3 aromatic rings. The monoisotopic (exact) mass is 339 g/mol. The van der Waals surface area contributed by atoms with Crippen molar-refractivity contribution >= 4 is 11.6 Å². The molecule has 3 rings (SSSR count). The number of hydrogen-bond acceptors (Lipinski definition) is 4. The number of rotatable bonds is 5. The summed E-state index contributed by atoms with van der Waals surface area (Å²) >= 11 is 0. The van der Waals surface area contributed by atoms with Gasteiger partial charge in [-0.05, 0) is 34.9 Å². The van der Waals surface area contributed by atoms with Crippen LogP contribution < -0.4 is 5.32 Å². The first-order valence-electron chi connectivity index (χ1n) is 7.95. The standard InChI is InChI=1S/C18H18FN5O/c1-12(2)15-8-3-4-9-16(15)20-17(25)11-24-22-18(21-23-24)13-6-5-7-14(19)10-13/h3-10,12H,11H2,1-2H3,(H,20,25). The third-order valence-corrected chi connectivity index (χ3v) is 3.68. The van der Waals surface area contributed by atoms with Crippen molar-refractivity contribution in [2.24, 2.45) is 0 Å². The van der Waals surface area contributed by atoms with E-state index in [1.807, 2.05) is 24.3 Å². The number of hydrogen-bond donors (Lipinski definition) is 1. The highest BCUT2D eigenvalue weighted by molar-refractivity contribution is 5.91. The van der Waals surface area contributed by atoms with E-state index in [4.69, 9.17) is 0 Å². The molecular formula is C18H18FN5O. The molecule has 1 amide bonds. The molecule has 2 aromatic carbocycles. The quantitative estimate of drug-likeness (QED) is 0.774. The highest BCUT2D eigenvalue weighted by Gasteiger charge is 2.12. The molecular weight excluding hydrogens is 321 g/mol. The molecule has 0 spiro atoms. The predicted octanol–water partition coefficient (Wildman–Crippen LogP) is 3.24. The summed E-state index contributed by atoms with van der Waals surface area (Å²) < 4.78 is 13.3.